The fourth-order valence-electron chi connectivity index (χ4n) is 0.607. The number of carbonyl (C=O) groups is 3. The van der Waals surface area contributed by atoms with Gasteiger partial charge in [0.15, 0.2) is 5.78 Å². The van der Waals surface area contributed by atoms with Crippen LogP contribution in [0.25, 0.3) is 0 Å². The molecule has 0 saturated heterocycles. The van der Waals surface area contributed by atoms with Crippen LogP contribution in [0.15, 0.2) is 12.7 Å². The zero-order valence-corrected chi connectivity index (χ0v) is 6.42. The summed E-state index contributed by atoms with van der Waals surface area (Å²) in [6, 6.07) is 0. The summed E-state index contributed by atoms with van der Waals surface area (Å²) in [6.45, 7) is 4.52. The summed E-state index contributed by atoms with van der Waals surface area (Å²) in [5.41, 5.74) is 0. The molecule has 0 atom stereocenters. The average Bonchev–Trinajstić information content (AvgIpc) is 1.85. The van der Waals surface area contributed by atoms with Crippen LogP contribution in [0, 0.1) is 0 Å². The molecule has 0 aliphatic heterocycles. The van der Waals surface area contributed by atoms with Crippen LogP contribution in [0.5, 0.6) is 0 Å². The topological polar surface area (TPSA) is 51.2 Å². The van der Waals surface area contributed by atoms with Gasteiger partial charge in [0.05, 0.1) is 12.8 Å². The lowest BCUT2D eigenvalue weighted by Gasteiger charge is -1.92. The second kappa shape index (κ2) is 4.55. The van der Waals surface area contributed by atoms with E-state index in [0.717, 1.165) is 6.08 Å². The molecule has 0 aromatic carbocycles. The fraction of sp³-hybridized carbons (Fsp3) is 0.375. The molecule has 3 heteroatoms. The van der Waals surface area contributed by atoms with Crippen LogP contribution in [0.4, 0.5) is 0 Å². The minimum absolute atomic E-state index is 0.153. The van der Waals surface area contributed by atoms with Crippen molar-refractivity contribution in [1.29, 1.82) is 0 Å². The molecule has 0 aromatic heterocycles. The number of carbonyl (C=O) groups excluding carboxylic acids is 3. The Balaban J connectivity index is 3.78. The van der Waals surface area contributed by atoms with E-state index in [1.165, 1.54) is 6.92 Å². The zero-order chi connectivity index (χ0) is 8.85. The summed E-state index contributed by atoms with van der Waals surface area (Å²) in [6.07, 6.45) is 0.723. The Morgan fingerprint density at radius 2 is 1.82 bits per heavy atom. The molecule has 0 aliphatic carbocycles. The Hall–Kier alpha value is -1.25. The van der Waals surface area contributed by atoms with Gasteiger partial charge in [-0.2, -0.15) is 0 Å². The number of ketones is 3. The number of Topliss-reactive ketones (excluding diaryl/α,β-unsaturated/α-hetero) is 2. The molecule has 0 saturated carbocycles. The van der Waals surface area contributed by atoms with Gasteiger partial charge in [-0.1, -0.05) is 6.58 Å². The van der Waals surface area contributed by atoms with Crippen molar-refractivity contribution in [1.82, 2.24) is 0 Å². The normalized spacial score (nSPS) is 8.82. The van der Waals surface area contributed by atoms with Gasteiger partial charge in [-0.15, -0.1) is 0 Å². The first-order valence-corrected chi connectivity index (χ1v) is 3.22. The van der Waals surface area contributed by atoms with Crippen molar-refractivity contribution in [2.45, 2.75) is 19.8 Å². The van der Waals surface area contributed by atoms with Gasteiger partial charge < -0.3 is 0 Å². The summed E-state index contributed by atoms with van der Waals surface area (Å²) < 4.78 is 0. The average molecular weight is 154 g/mol. The van der Waals surface area contributed by atoms with E-state index < -0.39 is 0 Å². The first-order chi connectivity index (χ1) is 5.06. The quantitative estimate of drug-likeness (QED) is 0.432. The van der Waals surface area contributed by atoms with Crippen molar-refractivity contribution in [2.24, 2.45) is 0 Å². The van der Waals surface area contributed by atoms with Crippen LogP contribution in [0.3, 0.4) is 0 Å². The SMILES string of the molecule is C=CC(=O)CC(=O)CC(C)=O. The number of allylic oxidation sites excluding steroid dienone is 1. The Bertz CT molecular complexity index is 203. The van der Waals surface area contributed by atoms with E-state index in [1.54, 1.807) is 0 Å². The van der Waals surface area contributed by atoms with E-state index >= 15 is 0 Å². The highest BCUT2D eigenvalue weighted by atomic mass is 16.2. The molecule has 0 spiro atoms. The predicted molar refractivity (Wildman–Crippen MR) is 40.1 cm³/mol. The lowest BCUT2D eigenvalue weighted by molar-refractivity contribution is -0.128. The highest BCUT2D eigenvalue weighted by Crippen LogP contribution is 1.92. The lowest BCUT2D eigenvalue weighted by atomic mass is 10.1. The number of hydrogen-bond acceptors (Lipinski definition) is 3. The first kappa shape index (κ1) is 9.75. The first-order valence-electron chi connectivity index (χ1n) is 3.22. The summed E-state index contributed by atoms with van der Waals surface area (Å²) in [5.74, 6) is -0.898. The Morgan fingerprint density at radius 1 is 1.27 bits per heavy atom. The molecule has 0 aromatic rings. The van der Waals surface area contributed by atoms with Crippen molar-refractivity contribution in [3.8, 4) is 0 Å². The van der Waals surface area contributed by atoms with E-state index in [-0.39, 0.29) is 30.2 Å². The Labute approximate surface area is 65.1 Å². The third-order valence-corrected chi connectivity index (χ3v) is 1.05. The van der Waals surface area contributed by atoms with Gasteiger partial charge in [-0.3, -0.25) is 14.4 Å². The maximum atomic E-state index is 10.7. The lowest BCUT2D eigenvalue weighted by Crippen LogP contribution is -2.08. The molecule has 0 amide bonds. The molecule has 0 bridgehead atoms. The smallest absolute Gasteiger partial charge is 0.162 e. The largest absolute Gasteiger partial charge is 0.300 e. The van der Waals surface area contributed by atoms with Crippen molar-refractivity contribution in [3.63, 3.8) is 0 Å². The number of hydrogen-bond donors (Lipinski definition) is 0. The van der Waals surface area contributed by atoms with E-state index in [1.807, 2.05) is 0 Å². The molecule has 0 radical (unpaired) electrons. The zero-order valence-electron chi connectivity index (χ0n) is 6.42. The molecule has 0 heterocycles. The van der Waals surface area contributed by atoms with Gasteiger partial charge in [-0.25, -0.2) is 0 Å². The highest BCUT2D eigenvalue weighted by molar-refractivity contribution is 6.09. The second-order valence-electron chi connectivity index (χ2n) is 2.26. The van der Waals surface area contributed by atoms with Crippen molar-refractivity contribution in [2.75, 3.05) is 0 Å². The summed E-state index contributed by atoms with van der Waals surface area (Å²) in [4.78, 5) is 31.7. The summed E-state index contributed by atoms with van der Waals surface area (Å²) >= 11 is 0. The third-order valence-electron chi connectivity index (χ3n) is 1.05. The molecule has 60 valence electrons. The van der Waals surface area contributed by atoms with Crippen LogP contribution in [0.2, 0.25) is 0 Å². The monoisotopic (exact) mass is 154 g/mol. The molecule has 0 aliphatic rings. The maximum absolute atomic E-state index is 10.7. The highest BCUT2D eigenvalue weighted by Gasteiger charge is 2.08. The van der Waals surface area contributed by atoms with Crippen LogP contribution < -0.4 is 0 Å². The number of rotatable bonds is 5. The van der Waals surface area contributed by atoms with E-state index in [9.17, 15) is 14.4 Å². The van der Waals surface area contributed by atoms with Crippen LogP contribution in [0.1, 0.15) is 19.8 Å². The summed E-state index contributed by atoms with van der Waals surface area (Å²) in [7, 11) is 0. The molecule has 0 rings (SSSR count). The summed E-state index contributed by atoms with van der Waals surface area (Å²) in [5, 5.41) is 0. The van der Waals surface area contributed by atoms with Crippen LogP contribution in [-0.2, 0) is 14.4 Å². The Morgan fingerprint density at radius 3 is 2.18 bits per heavy atom. The minimum Gasteiger partial charge on any atom is -0.300 e. The molecule has 0 N–H and O–H groups in total. The van der Waals surface area contributed by atoms with Gasteiger partial charge >= 0.3 is 0 Å². The van der Waals surface area contributed by atoms with E-state index in [0.29, 0.717) is 0 Å². The molecule has 0 fully saturated rings. The Kier molecular flexibility index (Phi) is 4.03. The van der Waals surface area contributed by atoms with Crippen LogP contribution in [-0.4, -0.2) is 17.3 Å². The second-order valence-corrected chi connectivity index (χ2v) is 2.26. The van der Waals surface area contributed by atoms with E-state index in [4.69, 9.17) is 0 Å². The van der Waals surface area contributed by atoms with Gasteiger partial charge in [0, 0.05) is 0 Å². The predicted octanol–water partition coefficient (Wildman–Crippen LogP) is 0.680. The van der Waals surface area contributed by atoms with Crippen molar-refractivity contribution >= 4 is 17.3 Å². The molecule has 11 heavy (non-hydrogen) atoms. The van der Waals surface area contributed by atoms with Gasteiger partial charge in [-0.05, 0) is 13.0 Å². The minimum atomic E-state index is -0.345. The maximum Gasteiger partial charge on any atom is 0.162 e. The standard InChI is InChI=1S/C8H10O3/c1-3-7(10)5-8(11)4-6(2)9/h3H,1,4-5H2,2H3. The van der Waals surface area contributed by atoms with E-state index in [2.05, 4.69) is 6.58 Å². The molecule has 3 nitrogen and oxygen atoms in total. The molecular weight excluding hydrogens is 144 g/mol. The van der Waals surface area contributed by atoms with Gasteiger partial charge in [0.2, 0.25) is 0 Å². The van der Waals surface area contributed by atoms with Gasteiger partial charge in [0.25, 0.3) is 0 Å². The molecular formula is C8H10O3. The van der Waals surface area contributed by atoms with Gasteiger partial charge in [0.1, 0.15) is 11.6 Å². The van der Waals surface area contributed by atoms with Crippen molar-refractivity contribution < 1.29 is 14.4 Å². The fourth-order valence-corrected chi connectivity index (χ4v) is 0.607. The molecule has 0 unspecified atom stereocenters. The van der Waals surface area contributed by atoms with Crippen molar-refractivity contribution in [3.05, 3.63) is 12.7 Å². The third kappa shape index (κ3) is 5.21. The van der Waals surface area contributed by atoms with Crippen LogP contribution >= 0.6 is 0 Å².